The number of halogens is 1. The number of fused-ring (bicyclic) bond motifs is 1. The minimum absolute atomic E-state index is 0.164. The van der Waals surface area contributed by atoms with E-state index in [0.717, 1.165) is 4.90 Å². The predicted molar refractivity (Wildman–Crippen MR) is 93.8 cm³/mol. The van der Waals surface area contributed by atoms with Crippen LogP contribution >= 0.6 is 0 Å². The van der Waals surface area contributed by atoms with Crippen molar-refractivity contribution in [1.29, 1.82) is 0 Å². The van der Waals surface area contributed by atoms with Gasteiger partial charge in [-0.05, 0) is 23.8 Å². The molecule has 0 saturated carbocycles. The molecule has 27 heavy (non-hydrogen) atoms. The van der Waals surface area contributed by atoms with Crippen molar-refractivity contribution in [2.24, 2.45) is 0 Å². The van der Waals surface area contributed by atoms with Crippen molar-refractivity contribution in [2.75, 3.05) is 25.1 Å². The molecule has 0 bridgehead atoms. The van der Waals surface area contributed by atoms with Crippen LogP contribution in [-0.2, 0) is 16.1 Å². The monoisotopic (exact) mass is 373 g/mol. The number of carbonyl (C=O) groups is 2. The first kappa shape index (κ1) is 18.3. The molecular formula is C18H16FN3O5. The molecule has 2 aromatic rings. The van der Waals surface area contributed by atoms with Crippen LogP contribution in [-0.4, -0.2) is 41.8 Å². The van der Waals surface area contributed by atoms with Crippen LogP contribution in [0.15, 0.2) is 42.5 Å². The third-order valence-corrected chi connectivity index (χ3v) is 4.12. The fourth-order valence-corrected chi connectivity index (χ4v) is 2.73. The molecule has 2 amide bonds. The molecule has 9 heteroatoms. The summed E-state index contributed by atoms with van der Waals surface area (Å²) in [6, 6.07) is 9.73. The molecule has 0 fully saturated rings. The predicted octanol–water partition coefficient (Wildman–Crippen LogP) is 2.12. The van der Waals surface area contributed by atoms with E-state index in [1.807, 2.05) is 0 Å². The lowest BCUT2D eigenvalue weighted by Crippen LogP contribution is -2.45. The smallest absolute Gasteiger partial charge is 0.271 e. The number of carbonyl (C=O) groups excluding carboxylic acids is 2. The molecule has 1 aliphatic heterocycles. The first-order valence-corrected chi connectivity index (χ1v) is 8.05. The summed E-state index contributed by atoms with van der Waals surface area (Å²) >= 11 is 0. The van der Waals surface area contributed by atoms with Crippen LogP contribution in [0.5, 0.6) is 5.75 Å². The highest BCUT2D eigenvalue weighted by molar-refractivity contribution is 6.02. The van der Waals surface area contributed by atoms with Crippen LogP contribution in [0.3, 0.4) is 0 Å². The number of likely N-dealkylation sites (N-methyl/N-ethyl adjacent to an activating group) is 1. The topological polar surface area (TPSA) is 93.0 Å². The summed E-state index contributed by atoms with van der Waals surface area (Å²) in [4.78, 5) is 37.7. The molecule has 1 heterocycles. The van der Waals surface area contributed by atoms with Crippen LogP contribution in [0.1, 0.15) is 5.56 Å². The van der Waals surface area contributed by atoms with Crippen molar-refractivity contribution in [3.8, 4) is 5.75 Å². The standard InChI is InChI=1S/C18H16FN3O5/c1-20(9-12-3-2-4-13(19)7-12)17(23)10-21-15-8-14(22(25)26)5-6-16(15)27-11-18(21)24/h2-8H,9-11H2,1H3. The normalized spacial score (nSPS) is 13.0. The molecule has 0 saturated heterocycles. The number of amides is 2. The number of anilines is 1. The Kier molecular flexibility index (Phi) is 5.02. The Balaban J connectivity index is 1.78. The number of nitro benzene ring substituents is 1. The number of non-ortho nitro benzene ring substituents is 1. The maximum atomic E-state index is 13.3. The molecule has 0 aliphatic carbocycles. The van der Waals surface area contributed by atoms with E-state index in [4.69, 9.17) is 4.74 Å². The van der Waals surface area contributed by atoms with E-state index in [0.29, 0.717) is 11.3 Å². The molecule has 0 spiro atoms. The molecule has 3 rings (SSSR count). The number of hydrogen-bond donors (Lipinski definition) is 0. The number of ether oxygens (including phenoxy) is 1. The first-order valence-electron chi connectivity index (χ1n) is 8.05. The van der Waals surface area contributed by atoms with Crippen LogP contribution in [0, 0.1) is 15.9 Å². The summed E-state index contributed by atoms with van der Waals surface area (Å²) in [7, 11) is 1.53. The molecule has 0 unspecified atom stereocenters. The summed E-state index contributed by atoms with van der Waals surface area (Å²) in [5.41, 5.74) is 0.570. The molecule has 0 radical (unpaired) electrons. The highest BCUT2D eigenvalue weighted by atomic mass is 19.1. The van der Waals surface area contributed by atoms with Crippen molar-refractivity contribution in [3.63, 3.8) is 0 Å². The Bertz CT molecular complexity index is 918. The largest absolute Gasteiger partial charge is 0.482 e. The summed E-state index contributed by atoms with van der Waals surface area (Å²) in [5, 5.41) is 11.0. The molecule has 8 nitrogen and oxygen atoms in total. The second kappa shape index (κ2) is 7.40. The van der Waals surface area contributed by atoms with Gasteiger partial charge in [0.25, 0.3) is 11.6 Å². The van der Waals surface area contributed by atoms with E-state index < -0.39 is 22.6 Å². The fourth-order valence-electron chi connectivity index (χ4n) is 2.73. The summed E-state index contributed by atoms with van der Waals surface area (Å²) in [6.45, 7) is -0.398. The van der Waals surface area contributed by atoms with E-state index in [9.17, 15) is 24.1 Å². The lowest BCUT2D eigenvalue weighted by atomic mass is 10.2. The second-order valence-corrected chi connectivity index (χ2v) is 6.06. The molecule has 0 aromatic heterocycles. The van der Waals surface area contributed by atoms with Crippen molar-refractivity contribution < 1.29 is 23.6 Å². The Labute approximate surface area is 153 Å². The highest BCUT2D eigenvalue weighted by Crippen LogP contribution is 2.35. The van der Waals surface area contributed by atoms with E-state index in [-0.39, 0.29) is 31.1 Å². The number of rotatable bonds is 5. The van der Waals surface area contributed by atoms with E-state index >= 15 is 0 Å². The molecule has 2 aromatic carbocycles. The SMILES string of the molecule is CN(Cc1cccc(F)c1)C(=O)CN1C(=O)COc2ccc([N+](=O)[O-])cc21. The van der Waals surface area contributed by atoms with E-state index in [1.165, 1.54) is 42.3 Å². The van der Waals surface area contributed by atoms with Crippen LogP contribution in [0.4, 0.5) is 15.8 Å². The average Bonchev–Trinajstić information content (AvgIpc) is 2.63. The van der Waals surface area contributed by atoms with Gasteiger partial charge < -0.3 is 9.64 Å². The van der Waals surface area contributed by atoms with Crippen LogP contribution in [0.25, 0.3) is 0 Å². The third-order valence-electron chi connectivity index (χ3n) is 4.12. The third kappa shape index (κ3) is 4.02. The summed E-state index contributed by atoms with van der Waals surface area (Å²) in [5.74, 6) is -0.985. The number of nitrogens with zero attached hydrogens (tertiary/aromatic N) is 3. The van der Waals surface area contributed by atoms with Gasteiger partial charge in [-0.25, -0.2) is 4.39 Å². The Morgan fingerprint density at radius 1 is 1.33 bits per heavy atom. The summed E-state index contributed by atoms with van der Waals surface area (Å²) in [6.07, 6.45) is 0. The maximum absolute atomic E-state index is 13.3. The Hall–Kier alpha value is -3.49. The second-order valence-electron chi connectivity index (χ2n) is 6.06. The molecule has 1 aliphatic rings. The lowest BCUT2D eigenvalue weighted by molar-refractivity contribution is -0.384. The molecular weight excluding hydrogens is 357 g/mol. The number of hydrogen-bond acceptors (Lipinski definition) is 5. The van der Waals surface area contributed by atoms with Crippen LogP contribution in [0.2, 0.25) is 0 Å². The van der Waals surface area contributed by atoms with Gasteiger partial charge in [0.05, 0.1) is 10.6 Å². The van der Waals surface area contributed by atoms with Crippen molar-refractivity contribution in [3.05, 3.63) is 64.0 Å². The van der Waals surface area contributed by atoms with Crippen molar-refractivity contribution in [1.82, 2.24) is 4.90 Å². The molecule has 0 N–H and O–H groups in total. The van der Waals surface area contributed by atoms with Gasteiger partial charge in [0.15, 0.2) is 6.61 Å². The number of benzene rings is 2. The average molecular weight is 373 g/mol. The van der Waals surface area contributed by atoms with Gasteiger partial charge in [0, 0.05) is 25.7 Å². The molecule has 140 valence electrons. The molecule has 0 atom stereocenters. The zero-order valence-electron chi connectivity index (χ0n) is 14.4. The van der Waals surface area contributed by atoms with Crippen molar-refractivity contribution >= 4 is 23.2 Å². The fraction of sp³-hybridized carbons (Fsp3) is 0.222. The zero-order chi connectivity index (χ0) is 19.6. The Morgan fingerprint density at radius 3 is 2.81 bits per heavy atom. The quantitative estimate of drug-likeness (QED) is 0.591. The maximum Gasteiger partial charge on any atom is 0.271 e. The minimum atomic E-state index is -0.588. The van der Waals surface area contributed by atoms with E-state index in [2.05, 4.69) is 0 Å². The van der Waals surface area contributed by atoms with Gasteiger partial charge in [-0.3, -0.25) is 24.6 Å². The van der Waals surface area contributed by atoms with Gasteiger partial charge in [-0.2, -0.15) is 0 Å². The van der Waals surface area contributed by atoms with Crippen LogP contribution < -0.4 is 9.64 Å². The van der Waals surface area contributed by atoms with Crippen molar-refractivity contribution in [2.45, 2.75) is 6.54 Å². The zero-order valence-corrected chi connectivity index (χ0v) is 14.4. The van der Waals surface area contributed by atoms with Gasteiger partial charge in [0.1, 0.15) is 18.1 Å². The first-order chi connectivity index (χ1) is 12.8. The summed E-state index contributed by atoms with van der Waals surface area (Å²) < 4.78 is 18.6. The Morgan fingerprint density at radius 2 is 2.11 bits per heavy atom. The van der Waals surface area contributed by atoms with Gasteiger partial charge in [-0.1, -0.05) is 12.1 Å². The minimum Gasteiger partial charge on any atom is -0.482 e. The van der Waals surface area contributed by atoms with Gasteiger partial charge in [0.2, 0.25) is 5.91 Å². The highest BCUT2D eigenvalue weighted by Gasteiger charge is 2.30. The van der Waals surface area contributed by atoms with Gasteiger partial charge in [-0.15, -0.1) is 0 Å². The lowest BCUT2D eigenvalue weighted by Gasteiger charge is -2.30. The van der Waals surface area contributed by atoms with E-state index in [1.54, 1.807) is 12.1 Å². The number of nitro groups is 1. The van der Waals surface area contributed by atoms with Gasteiger partial charge >= 0.3 is 0 Å².